The summed E-state index contributed by atoms with van der Waals surface area (Å²) >= 11 is 6.52. The topological polar surface area (TPSA) is 117 Å². The molecule has 1 heterocycles. The zero-order chi connectivity index (χ0) is 24.7. The number of nitrogens with one attached hydrogen (secondary N) is 2. The van der Waals surface area contributed by atoms with Gasteiger partial charge in [-0.2, -0.15) is 0 Å². The number of hydrogen-bond donors (Lipinski definition) is 3. The van der Waals surface area contributed by atoms with Crippen molar-refractivity contribution in [3.63, 3.8) is 0 Å². The van der Waals surface area contributed by atoms with Crippen LogP contribution in [0.15, 0.2) is 47.4 Å². The third-order valence-electron chi connectivity index (χ3n) is 4.79. The average Bonchev–Trinajstić information content (AvgIpc) is 3.09. The molecule has 0 saturated carbocycles. The Hall–Kier alpha value is -3.57. The number of methoxy groups -OCH3 is 2. The van der Waals surface area contributed by atoms with Crippen LogP contribution in [0.2, 0.25) is 0 Å². The van der Waals surface area contributed by atoms with Gasteiger partial charge in [0.1, 0.15) is 10.1 Å². The molecular weight excluding hydrogens is 478 g/mol. The molecule has 3 rings (SSSR count). The quantitative estimate of drug-likeness (QED) is 0.287. The molecule has 34 heavy (non-hydrogen) atoms. The Morgan fingerprint density at radius 2 is 1.88 bits per heavy atom. The van der Waals surface area contributed by atoms with Gasteiger partial charge >= 0.3 is 0 Å². The number of amides is 3. The summed E-state index contributed by atoms with van der Waals surface area (Å²) in [5.74, 6) is -0.121. The van der Waals surface area contributed by atoms with Crippen molar-refractivity contribution >= 4 is 52.1 Å². The van der Waals surface area contributed by atoms with Gasteiger partial charge in [0.05, 0.1) is 19.1 Å². The van der Waals surface area contributed by atoms with E-state index in [1.165, 1.54) is 48.0 Å². The normalized spacial score (nSPS) is 14.3. The largest absolute Gasteiger partial charge is 0.508 e. The molecule has 178 valence electrons. The van der Waals surface area contributed by atoms with E-state index in [9.17, 15) is 19.5 Å². The SMILES string of the molecule is COc1ccc(/C=C2\SC(=S)N(CCCC(=O)NNC(=O)c3cccc(O)c3)C2=O)cc1OC. The van der Waals surface area contributed by atoms with Crippen molar-refractivity contribution in [3.8, 4) is 17.2 Å². The Morgan fingerprint density at radius 1 is 1.12 bits per heavy atom. The molecule has 0 radical (unpaired) electrons. The highest BCUT2D eigenvalue weighted by molar-refractivity contribution is 8.26. The molecule has 2 aromatic rings. The minimum atomic E-state index is -0.554. The third-order valence-corrected chi connectivity index (χ3v) is 6.17. The number of carbonyl (C=O) groups is 3. The van der Waals surface area contributed by atoms with Crippen LogP contribution in [0, 0.1) is 0 Å². The van der Waals surface area contributed by atoms with Gasteiger partial charge in [-0.15, -0.1) is 0 Å². The van der Waals surface area contributed by atoms with Crippen molar-refractivity contribution in [1.29, 1.82) is 0 Å². The van der Waals surface area contributed by atoms with Gasteiger partial charge in [0.25, 0.3) is 11.8 Å². The second-order valence-corrected chi connectivity index (χ2v) is 8.78. The maximum absolute atomic E-state index is 12.8. The van der Waals surface area contributed by atoms with Gasteiger partial charge in [-0.1, -0.05) is 36.1 Å². The van der Waals surface area contributed by atoms with Crippen LogP contribution < -0.4 is 20.3 Å². The number of benzene rings is 2. The summed E-state index contributed by atoms with van der Waals surface area (Å²) in [5, 5.41) is 9.42. The van der Waals surface area contributed by atoms with E-state index in [1.807, 2.05) is 6.07 Å². The molecule has 0 bridgehead atoms. The number of ether oxygens (including phenoxy) is 2. The van der Waals surface area contributed by atoms with Gasteiger partial charge in [0, 0.05) is 18.5 Å². The molecule has 3 N–H and O–H groups in total. The highest BCUT2D eigenvalue weighted by Crippen LogP contribution is 2.34. The Morgan fingerprint density at radius 3 is 2.59 bits per heavy atom. The highest BCUT2D eigenvalue weighted by Gasteiger charge is 2.31. The monoisotopic (exact) mass is 501 g/mol. The van der Waals surface area contributed by atoms with Crippen LogP contribution in [-0.4, -0.2) is 52.8 Å². The minimum Gasteiger partial charge on any atom is -0.508 e. The summed E-state index contributed by atoms with van der Waals surface area (Å²) < 4.78 is 10.9. The molecule has 0 unspecified atom stereocenters. The summed E-state index contributed by atoms with van der Waals surface area (Å²) in [4.78, 5) is 38.8. The van der Waals surface area contributed by atoms with E-state index in [1.54, 1.807) is 25.3 Å². The van der Waals surface area contributed by atoms with Crippen LogP contribution >= 0.6 is 24.0 Å². The lowest BCUT2D eigenvalue weighted by atomic mass is 10.2. The zero-order valence-corrected chi connectivity index (χ0v) is 20.1. The van der Waals surface area contributed by atoms with E-state index in [0.29, 0.717) is 27.1 Å². The summed E-state index contributed by atoms with van der Waals surface area (Å²) in [7, 11) is 3.08. The Kier molecular flexibility index (Phi) is 8.50. The Labute approximate surface area is 206 Å². The minimum absolute atomic E-state index is 0.0531. The molecule has 1 aliphatic rings. The fourth-order valence-electron chi connectivity index (χ4n) is 3.09. The van der Waals surface area contributed by atoms with E-state index in [0.717, 1.165) is 5.56 Å². The summed E-state index contributed by atoms with van der Waals surface area (Å²) in [6, 6.07) is 11.1. The van der Waals surface area contributed by atoms with Gasteiger partial charge in [-0.05, 0) is 48.4 Å². The number of carbonyl (C=O) groups excluding carboxylic acids is 3. The van der Waals surface area contributed by atoms with Gasteiger partial charge in [-0.25, -0.2) is 0 Å². The molecule has 0 aliphatic carbocycles. The van der Waals surface area contributed by atoms with Crippen LogP contribution in [-0.2, 0) is 9.59 Å². The molecule has 1 fully saturated rings. The molecule has 2 aromatic carbocycles. The number of hydrogen-bond acceptors (Lipinski definition) is 8. The van der Waals surface area contributed by atoms with E-state index < -0.39 is 11.8 Å². The lowest BCUT2D eigenvalue weighted by molar-refractivity contribution is -0.124. The van der Waals surface area contributed by atoms with Crippen molar-refractivity contribution in [2.24, 2.45) is 0 Å². The lowest BCUT2D eigenvalue weighted by Crippen LogP contribution is -2.41. The molecule has 0 atom stereocenters. The zero-order valence-electron chi connectivity index (χ0n) is 18.5. The van der Waals surface area contributed by atoms with Crippen molar-refractivity contribution in [2.75, 3.05) is 20.8 Å². The molecule has 9 nitrogen and oxygen atoms in total. The van der Waals surface area contributed by atoms with Crippen LogP contribution in [0.25, 0.3) is 6.08 Å². The molecule has 11 heteroatoms. The van der Waals surface area contributed by atoms with Gasteiger partial charge in [0.2, 0.25) is 5.91 Å². The van der Waals surface area contributed by atoms with E-state index in [-0.39, 0.29) is 30.2 Å². The Balaban J connectivity index is 1.50. The van der Waals surface area contributed by atoms with Crippen molar-refractivity contribution in [2.45, 2.75) is 12.8 Å². The summed E-state index contributed by atoms with van der Waals surface area (Å²) in [6.07, 6.45) is 2.15. The van der Waals surface area contributed by atoms with Crippen LogP contribution in [0.1, 0.15) is 28.8 Å². The van der Waals surface area contributed by atoms with E-state index in [2.05, 4.69) is 10.9 Å². The first-order chi connectivity index (χ1) is 16.3. The maximum atomic E-state index is 12.8. The fourth-order valence-corrected chi connectivity index (χ4v) is 4.40. The first-order valence-corrected chi connectivity index (χ1v) is 11.4. The molecule has 1 saturated heterocycles. The van der Waals surface area contributed by atoms with E-state index >= 15 is 0 Å². The molecular formula is C23H23N3O6S2. The molecule has 0 spiro atoms. The third kappa shape index (κ3) is 6.27. The first-order valence-electron chi connectivity index (χ1n) is 10.2. The summed E-state index contributed by atoms with van der Waals surface area (Å²) in [5.41, 5.74) is 5.57. The van der Waals surface area contributed by atoms with Crippen LogP contribution in [0.3, 0.4) is 0 Å². The van der Waals surface area contributed by atoms with Crippen LogP contribution in [0.5, 0.6) is 17.2 Å². The first kappa shape index (κ1) is 25.1. The number of thioether (sulfide) groups is 1. The molecule has 0 aromatic heterocycles. The number of phenolic OH excluding ortho intramolecular Hbond substituents is 1. The average molecular weight is 502 g/mol. The highest BCUT2D eigenvalue weighted by atomic mass is 32.2. The van der Waals surface area contributed by atoms with Crippen molar-refractivity contribution in [1.82, 2.24) is 15.8 Å². The smallest absolute Gasteiger partial charge is 0.269 e. The molecule has 3 amide bonds. The predicted octanol–water partition coefficient (Wildman–Crippen LogP) is 2.85. The van der Waals surface area contributed by atoms with Gasteiger partial charge < -0.3 is 14.6 Å². The van der Waals surface area contributed by atoms with Crippen LogP contribution in [0.4, 0.5) is 0 Å². The summed E-state index contributed by atoms with van der Waals surface area (Å²) in [6.45, 7) is 0.266. The number of phenols is 1. The Bertz CT molecular complexity index is 1150. The second kappa shape index (κ2) is 11.5. The lowest BCUT2D eigenvalue weighted by Gasteiger charge is -2.14. The number of nitrogens with zero attached hydrogens (tertiary/aromatic N) is 1. The fraction of sp³-hybridized carbons (Fsp3) is 0.217. The number of aromatic hydroxyl groups is 1. The maximum Gasteiger partial charge on any atom is 0.269 e. The standard InChI is InChI=1S/C23H23N3O6S2/c1-31-17-9-8-14(11-18(17)32-2)12-19-22(30)26(23(33)34-19)10-4-7-20(28)24-25-21(29)15-5-3-6-16(27)13-15/h3,5-6,8-9,11-13,27H,4,7,10H2,1-2H3,(H,24,28)(H,25,29)/b19-12-. The molecule has 1 aliphatic heterocycles. The van der Waals surface area contributed by atoms with Gasteiger partial charge in [0.15, 0.2) is 11.5 Å². The number of rotatable bonds is 8. The second-order valence-electron chi connectivity index (χ2n) is 7.10. The predicted molar refractivity (Wildman–Crippen MR) is 132 cm³/mol. The number of hydrazine groups is 1. The van der Waals surface area contributed by atoms with Gasteiger partial charge in [-0.3, -0.25) is 30.1 Å². The van der Waals surface area contributed by atoms with Crippen molar-refractivity contribution in [3.05, 3.63) is 58.5 Å². The number of thiocarbonyl (C=S) groups is 1. The van der Waals surface area contributed by atoms with E-state index in [4.69, 9.17) is 21.7 Å². The van der Waals surface area contributed by atoms with Crippen molar-refractivity contribution < 1.29 is 29.0 Å².